The lowest BCUT2D eigenvalue weighted by Gasteiger charge is -2.14. The van der Waals surface area contributed by atoms with Gasteiger partial charge in [0.05, 0.1) is 6.61 Å². The Morgan fingerprint density at radius 3 is 2.71 bits per heavy atom. The highest BCUT2D eigenvalue weighted by Gasteiger charge is 2.22. The van der Waals surface area contributed by atoms with Gasteiger partial charge in [0.25, 0.3) is 0 Å². The molecule has 3 rings (SSSR count). The van der Waals surface area contributed by atoms with E-state index in [0.717, 1.165) is 54.8 Å². The zero-order chi connectivity index (χ0) is 14.7. The van der Waals surface area contributed by atoms with Gasteiger partial charge in [0, 0.05) is 18.2 Å². The van der Waals surface area contributed by atoms with Crippen LogP contribution in [-0.4, -0.2) is 19.9 Å². The van der Waals surface area contributed by atoms with Gasteiger partial charge < -0.3 is 19.5 Å². The molecular weight excluding hydrogens is 266 g/mol. The van der Waals surface area contributed by atoms with Gasteiger partial charge in [-0.2, -0.15) is 0 Å². The highest BCUT2D eigenvalue weighted by atomic mass is 16.7. The number of rotatable bonds is 8. The molecule has 0 unspecified atom stereocenters. The summed E-state index contributed by atoms with van der Waals surface area (Å²) in [7, 11) is 0. The fourth-order valence-electron chi connectivity index (χ4n) is 2.48. The second kappa shape index (κ2) is 6.56. The van der Waals surface area contributed by atoms with E-state index in [1.54, 1.807) is 0 Å². The molecule has 0 atom stereocenters. The predicted molar refractivity (Wildman–Crippen MR) is 81.9 cm³/mol. The minimum absolute atomic E-state index is 0.305. The highest BCUT2D eigenvalue weighted by molar-refractivity contribution is 5.51. The molecule has 1 aliphatic heterocycles. The quantitative estimate of drug-likeness (QED) is 0.797. The van der Waals surface area contributed by atoms with Gasteiger partial charge in [-0.15, -0.1) is 0 Å². The Morgan fingerprint density at radius 1 is 1.24 bits per heavy atom. The molecule has 1 N–H and O–H groups in total. The molecule has 1 aliphatic carbocycles. The molecule has 1 aromatic rings. The Balaban J connectivity index is 1.64. The normalized spacial score (nSPS) is 16.5. The van der Waals surface area contributed by atoms with Crippen LogP contribution < -0.4 is 19.5 Å². The van der Waals surface area contributed by atoms with Gasteiger partial charge in [-0.1, -0.05) is 26.7 Å². The molecule has 1 heterocycles. The molecule has 0 radical (unpaired) electrons. The van der Waals surface area contributed by atoms with Crippen LogP contribution in [0.25, 0.3) is 0 Å². The van der Waals surface area contributed by atoms with Crippen molar-refractivity contribution in [3.8, 4) is 17.2 Å². The molecule has 4 nitrogen and oxygen atoms in total. The minimum Gasteiger partial charge on any atom is -0.493 e. The van der Waals surface area contributed by atoms with Gasteiger partial charge in [0.15, 0.2) is 11.5 Å². The maximum atomic E-state index is 6.00. The molecule has 4 heteroatoms. The van der Waals surface area contributed by atoms with Crippen molar-refractivity contribution in [2.24, 2.45) is 11.8 Å². The first-order chi connectivity index (χ1) is 10.2. The Morgan fingerprint density at radius 2 is 2.00 bits per heavy atom. The SMILES string of the molecule is CC(C)CNCc1cc2c(cc1OCCC1CC1)OCO2. The van der Waals surface area contributed by atoms with Crippen molar-refractivity contribution in [1.82, 2.24) is 5.32 Å². The van der Waals surface area contributed by atoms with E-state index in [1.807, 2.05) is 12.1 Å². The van der Waals surface area contributed by atoms with E-state index in [4.69, 9.17) is 14.2 Å². The van der Waals surface area contributed by atoms with Crippen molar-refractivity contribution in [2.75, 3.05) is 19.9 Å². The Labute approximate surface area is 126 Å². The van der Waals surface area contributed by atoms with Gasteiger partial charge in [-0.3, -0.25) is 0 Å². The Kier molecular flexibility index (Phi) is 4.54. The molecule has 0 bridgehead atoms. The number of benzene rings is 1. The number of fused-ring (bicyclic) bond motifs is 1. The maximum absolute atomic E-state index is 6.00. The van der Waals surface area contributed by atoms with Gasteiger partial charge in [0.2, 0.25) is 6.79 Å². The molecule has 1 saturated carbocycles. The third-order valence-electron chi connectivity index (χ3n) is 3.90. The van der Waals surface area contributed by atoms with Crippen LogP contribution in [0.5, 0.6) is 17.2 Å². The molecule has 0 saturated heterocycles. The summed E-state index contributed by atoms with van der Waals surface area (Å²) in [5.74, 6) is 4.07. The lowest BCUT2D eigenvalue weighted by molar-refractivity contribution is 0.173. The third-order valence-corrected chi connectivity index (χ3v) is 3.90. The largest absolute Gasteiger partial charge is 0.493 e. The van der Waals surface area contributed by atoms with E-state index >= 15 is 0 Å². The van der Waals surface area contributed by atoms with Crippen LogP contribution in [0.1, 0.15) is 38.7 Å². The van der Waals surface area contributed by atoms with Crippen molar-refractivity contribution in [1.29, 1.82) is 0 Å². The zero-order valence-corrected chi connectivity index (χ0v) is 13.0. The first-order valence-electron chi connectivity index (χ1n) is 7.98. The van der Waals surface area contributed by atoms with Gasteiger partial charge >= 0.3 is 0 Å². The van der Waals surface area contributed by atoms with Crippen LogP contribution in [-0.2, 0) is 6.54 Å². The minimum atomic E-state index is 0.305. The summed E-state index contributed by atoms with van der Waals surface area (Å²) in [6.07, 6.45) is 3.90. The number of hydrogen-bond acceptors (Lipinski definition) is 4. The summed E-state index contributed by atoms with van der Waals surface area (Å²) >= 11 is 0. The standard InChI is InChI=1S/C17H25NO3/c1-12(2)9-18-10-14-7-16-17(21-11-20-16)8-15(14)19-6-5-13-3-4-13/h7-8,12-13,18H,3-6,9-11H2,1-2H3. The van der Waals surface area contributed by atoms with E-state index in [1.165, 1.54) is 12.8 Å². The van der Waals surface area contributed by atoms with E-state index in [2.05, 4.69) is 19.2 Å². The molecule has 21 heavy (non-hydrogen) atoms. The van der Waals surface area contributed by atoms with Crippen molar-refractivity contribution in [2.45, 2.75) is 39.7 Å². The predicted octanol–water partition coefficient (Wildman–Crippen LogP) is 3.34. The molecule has 116 valence electrons. The smallest absolute Gasteiger partial charge is 0.231 e. The van der Waals surface area contributed by atoms with Gasteiger partial charge in [-0.25, -0.2) is 0 Å². The molecule has 1 aromatic carbocycles. The molecule has 2 aliphatic rings. The average Bonchev–Trinajstić information content (AvgIpc) is 3.15. The molecule has 0 amide bonds. The number of hydrogen-bond donors (Lipinski definition) is 1. The van der Waals surface area contributed by atoms with Crippen LogP contribution in [0.2, 0.25) is 0 Å². The average molecular weight is 291 g/mol. The Hall–Kier alpha value is -1.42. The second-order valence-corrected chi connectivity index (χ2v) is 6.42. The first-order valence-corrected chi connectivity index (χ1v) is 7.98. The fraction of sp³-hybridized carbons (Fsp3) is 0.647. The third kappa shape index (κ3) is 4.03. The monoisotopic (exact) mass is 291 g/mol. The van der Waals surface area contributed by atoms with Crippen LogP contribution in [0.3, 0.4) is 0 Å². The summed E-state index contributed by atoms with van der Waals surface area (Å²) in [5, 5.41) is 3.47. The van der Waals surface area contributed by atoms with Crippen LogP contribution >= 0.6 is 0 Å². The summed E-state index contributed by atoms with van der Waals surface area (Å²) in [5.41, 5.74) is 1.15. The molecule has 1 fully saturated rings. The van der Waals surface area contributed by atoms with Crippen LogP contribution in [0.4, 0.5) is 0 Å². The summed E-state index contributed by atoms with van der Waals surface area (Å²) in [4.78, 5) is 0. The fourth-order valence-corrected chi connectivity index (χ4v) is 2.48. The summed E-state index contributed by atoms with van der Waals surface area (Å²) in [6, 6.07) is 4.02. The van der Waals surface area contributed by atoms with E-state index < -0.39 is 0 Å². The van der Waals surface area contributed by atoms with E-state index in [9.17, 15) is 0 Å². The van der Waals surface area contributed by atoms with Crippen LogP contribution in [0, 0.1) is 11.8 Å². The van der Waals surface area contributed by atoms with E-state index in [-0.39, 0.29) is 0 Å². The second-order valence-electron chi connectivity index (χ2n) is 6.42. The lowest BCUT2D eigenvalue weighted by Crippen LogP contribution is -2.19. The zero-order valence-electron chi connectivity index (χ0n) is 13.0. The van der Waals surface area contributed by atoms with Crippen molar-refractivity contribution < 1.29 is 14.2 Å². The maximum Gasteiger partial charge on any atom is 0.231 e. The van der Waals surface area contributed by atoms with Gasteiger partial charge in [0.1, 0.15) is 5.75 Å². The van der Waals surface area contributed by atoms with E-state index in [0.29, 0.717) is 12.7 Å². The first kappa shape index (κ1) is 14.5. The Bertz CT molecular complexity index is 448. The number of nitrogens with one attached hydrogen (secondary N) is 1. The molecule has 0 spiro atoms. The van der Waals surface area contributed by atoms with Crippen LogP contribution in [0.15, 0.2) is 12.1 Å². The van der Waals surface area contributed by atoms with Crippen molar-refractivity contribution in [3.63, 3.8) is 0 Å². The summed E-state index contributed by atoms with van der Waals surface area (Å²) in [6.45, 7) is 7.31. The molecular formula is C17H25NO3. The summed E-state index contributed by atoms with van der Waals surface area (Å²) < 4.78 is 16.9. The highest BCUT2D eigenvalue weighted by Crippen LogP contribution is 2.39. The topological polar surface area (TPSA) is 39.7 Å². The van der Waals surface area contributed by atoms with Gasteiger partial charge in [-0.05, 0) is 30.9 Å². The van der Waals surface area contributed by atoms with Crippen molar-refractivity contribution in [3.05, 3.63) is 17.7 Å². The lowest BCUT2D eigenvalue weighted by atomic mass is 10.1. The number of ether oxygens (including phenoxy) is 3. The van der Waals surface area contributed by atoms with Crippen molar-refractivity contribution >= 4 is 0 Å². The molecule has 0 aromatic heterocycles.